The van der Waals surface area contributed by atoms with Crippen LogP contribution in [-0.2, 0) is 0 Å². The van der Waals surface area contributed by atoms with Crippen molar-refractivity contribution in [2.24, 2.45) is 0 Å². The Morgan fingerprint density at radius 2 is 2.08 bits per heavy atom. The van der Waals surface area contributed by atoms with Crippen molar-refractivity contribution in [1.29, 1.82) is 0 Å². The van der Waals surface area contributed by atoms with E-state index in [1.165, 1.54) is 12.8 Å². The first-order chi connectivity index (χ1) is 5.81. The second kappa shape index (κ2) is 8.97. The highest BCUT2D eigenvalue weighted by Crippen LogP contribution is 2.01. The molecule has 0 aromatic rings. The number of aliphatic hydroxyl groups is 2. The molecule has 0 saturated heterocycles. The third-order valence-corrected chi connectivity index (χ3v) is 1.81. The lowest BCUT2D eigenvalue weighted by Gasteiger charge is -2.10. The van der Waals surface area contributed by atoms with Crippen LogP contribution in [0.5, 0.6) is 0 Å². The lowest BCUT2D eigenvalue weighted by molar-refractivity contribution is 0.155. The third-order valence-electron chi connectivity index (χ3n) is 1.81. The maximum atomic E-state index is 9.36. The number of hydrogen-bond donors (Lipinski definition) is 3. The van der Waals surface area contributed by atoms with Crippen molar-refractivity contribution < 1.29 is 10.2 Å². The van der Waals surface area contributed by atoms with Crippen LogP contribution < -0.4 is 5.32 Å². The number of aliphatic hydroxyl groups excluding tert-OH is 2. The maximum Gasteiger partial charge on any atom is 0.0664 e. The molecule has 3 N–H and O–H groups in total. The number of rotatable bonds is 8. The fourth-order valence-electron chi connectivity index (χ4n) is 1.08. The average Bonchev–Trinajstić information content (AvgIpc) is 2.06. The summed E-state index contributed by atoms with van der Waals surface area (Å²) in [5, 5.41) is 20.8. The monoisotopic (exact) mass is 175 g/mol. The summed E-state index contributed by atoms with van der Waals surface area (Å²) in [6, 6.07) is 0. The first-order valence-electron chi connectivity index (χ1n) is 4.81. The zero-order valence-electron chi connectivity index (χ0n) is 7.92. The minimum Gasteiger partial charge on any atom is -0.395 e. The molecule has 0 rings (SSSR count). The van der Waals surface area contributed by atoms with E-state index < -0.39 is 0 Å². The van der Waals surface area contributed by atoms with Crippen LogP contribution >= 0.6 is 0 Å². The summed E-state index contributed by atoms with van der Waals surface area (Å²) in [4.78, 5) is 0. The van der Waals surface area contributed by atoms with Crippen molar-refractivity contribution in [2.75, 3.05) is 19.7 Å². The SMILES string of the molecule is CCCCCC(O)CNCCO. The van der Waals surface area contributed by atoms with E-state index in [2.05, 4.69) is 12.2 Å². The van der Waals surface area contributed by atoms with Gasteiger partial charge in [-0.2, -0.15) is 0 Å². The van der Waals surface area contributed by atoms with Gasteiger partial charge in [-0.15, -0.1) is 0 Å². The van der Waals surface area contributed by atoms with E-state index in [1.54, 1.807) is 0 Å². The summed E-state index contributed by atoms with van der Waals surface area (Å²) in [5.74, 6) is 0. The zero-order chi connectivity index (χ0) is 9.23. The first-order valence-corrected chi connectivity index (χ1v) is 4.81. The van der Waals surface area contributed by atoms with E-state index >= 15 is 0 Å². The maximum absolute atomic E-state index is 9.36. The summed E-state index contributed by atoms with van der Waals surface area (Å²) in [5.41, 5.74) is 0. The molecule has 0 amide bonds. The molecule has 0 fully saturated rings. The molecule has 0 radical (unpaired) electrons. The van der Waals surface area contributed by atoms with Gasteiger partial charge in [0.1, 0.15) is 0 Å². The van der Waals surface area contributed by atoms with Gasteiger partial charge < -0.3 is 15.5 Å². The van der Waals surface area contributed by atoms with Gasteiger partial charge in [0.05, 0.1) is 12.7 Å². The summed E-state index contributed by atoms with van der Waals surface area (Å²) in [7, 11) is 0. The largest absolute Gasteiger partial charge is 0.395 e. The Hall–Kier alpha value is -0.120. The molecule has 0 spiro atoms. The predicted octanol–water partition coefficient (Wildman–Crippen LogP) is 0.510. The fourth-order valence-corrected chi connectivity index (χ4v) is 1.08. The number of nitrogens with one attached hydrogen (secondary N) is 1. The molecule has 0 aromatic carbocycles. The standard InChI is InChI=1S/C9H21NO2/c1-2-3-4-5-9(12)8-10-6-7-11/h9-12H,2-8H2,1H3. The number of hydrogen-bond acceptors (Lipinski definition) is 3. The Kier molecular flexibility index (Phi) is 8.88. The summed E-state index contributed by atoms with van der Waals surface area (Å²) >= 11 is 0. The zero-order valence-corrected chi connectivity index (χ0v) is 7.92. The van der Waals surface area contributed by atoms with Crippen molar-refractivity contribution in [1.82, 2.24) is 5.32 Å². The van der Waals surface area contributed by atoms with Gasteiger partial charge in [0, 0.05) is 13.1 Å². The lowest BCUT2D eigenvalue weighted by Crippen LogP contribution is -2.28. The molecule has 0 heterocycles. The van der Waals surface area contributed by atoms with Crippen LogP contribution in [0.25, 0.3) is 0 Å². The minimum atomic E-state index is -0.247. The van der Waals surface area contributed by atoms with E-state index in [-0.39, 0.29) is 12.7 Å². The van der Waals surface area contributed by atoms with Crippen LogP contribution in [0, 0.1) is 0 Å². The normalized spacial score (nSPS) is 13.2. The molecule has 3 heteroatoms. The molecule has 0 bridgehead atoms. The van der Waals surface area contributed by atoms with E-state index in [0.29, 0.717) is 13.1 Å². The van der Waals surface area contributed by atoms with Crippen molar-refractivity contribution in [3.05, 3.63) is 0 Å². The Morgan fingerprint density at radius 1 is 1.33 bits per heavy atom. The molecule has 0 aliphatic carbocycles. The average molecular weight is 175 g/mol. The second-order valence-corrected chi connectivity index (χ2v) is 3.08. The summed E-state index contributed by atoms with van der Waals surface area (Å²) < 4.78 is 0. The van der Waals surface area contributed by atoms with Crippen LogP contribution in [0.15, 0.2) is 0 Å². The molecule has 1 atom stereocenters. The van der Waals surface area contributed by atoms with Crippen molar-refractivity contribution >= 4 is 0 Å². The van der Waals surface area contributed by atoms with Gasteiger partial charge in [-0.25, -0.2) is 0 Å². The molecule has 3 nitrogen and oxygen atoms in total. The molecule has 0 aromatic heterocycles. The highest BCUT2D eigenvalue weighted by Gasteiger charge is 2.01. The van der Waals surface area contributed by atoms with Crippen LogP contribution in [0.2, 0.25) is 0 Å². The van der Waals surface area contributed by atoms with Crippen molar-refractivity contribution in [3.8, 4) is 0 Å². The van der Waals surface area contributed by atoms with Crippen LogP contribution in [-0.4, -0.2) is 36.0 Å². The highest BCUT2D eigenvalue weighted by atomic mass is 16.3. The van der Waals surface area contributed by atoms with Gasteiger partial charge in [-0.1, -0.05) is 26.2 Å². The minimum absolute atomic E-state index is 0.141. The van der Waals surface area contributed by atoms with E-state index in [0.717, 1.165) is 12.8 Å². The molecular formula is C9H21NO2. The molecule has 0 aliphatic rings. The summed E-state index contributed by atoms with van der Waals surface area (Å²) in [6.07, 6.45) is 4.10. The molecule has 0 saturated carbocycles. The number of unbranched alkanes of at least 4 members (excludes halogenated alkanes) is 2. The second-order valence-electron chi connectivity index (χ2n) is 3.08. The Balaban J connectivity index is 3.04. The third kappa shape index (κ3) is 7.98. The van der Waals surface area contributed by atoms with Gasteiger partial charge in [-0.3, -0.25) is 0 Å². The van der Waals surface area contributed by atoms with Gasteiger partial charge in [0.15, 0.2) is 0 Å². The van der Waals surface area contributed by atoms with E-state index in [1.807, 2.05) is 0 Å². The smallest absolute Gasteiger partial charge is 0.0664 e. The van der Waals surface area contributed by atoms with Crippen molar-refractivity contribution in [3.63, 3.8) is 0 Å². The Bertz CT molecular complexity index is 78.6. The van der Waals surface area contributed by atoms with Crippen LogP contribution in [0.3, 0.4) is 0 Å². The first kappa shape index (κ1) is 11.9. The van der Waals surface area contributed by atoms with Crippen molar-refractivity contribution in [2.45, 2.75) is 38.7 Å². The topological polar surface area (TPSA) is 52.5 Å². The van der Waals surface area contributed by atoms with Gasteiger partial charge in [0.2, 0.25) is 0 Å². The lowest BCUT2D eigenvalue weighted by atomic mass is 10.1. The highest BCUT2D eigenvalue weighted by molar-refractivity contribution is 4.58. The van der Waals surface area contributed by atoms with Crippen LogP contribution in [0.1, 0.15) is 32.6 Å². The molecule has 1 unspecified atom stereocenters. The Morgan fingerprint density at radius 3 is 2.67 bits per heavy atom. The molecule has 12 heavy (non-hydrogen) atoms. The molecule has 0 aliphatic heterocycles. The summed E-state index contributed by atoms with van der Waals surface area (Å²) in [6.45, 7) is 3.47. The Labute approximate surface area is 74.8 Å². The fraction of sp³-hybridized carbons (Fsp3) is 1.00. The van der Waals surface area contributed by atoms with Gasteiger partial charge in [0.25, 0.3) is 0 Å². The van der Waals surface area contributed by atoms with Crippen LogP contribution in [0.4, 0.5) is 0 Å². The quantitative estimate of drug-likeness (QED) is 0.471. The molecular weight excluding hydrogens is 154 g/mol. The van der Waals surface area contributed by atoms with E-state index in [9.17, 15) is 5.11 Å². The molecule has 74 valence electrons. The van der Waals surface area contributed by atoms with E-state index in [4.69, 9.17) is 5.11 Å². The predicted molar refractivity (Wildman–Crippen MR) is 50.1 cm³/mol. The van der Waals surface area contributed by atoms with Gasteiger partial charge >= 0.3 is 0 Å². The van der Waals surface area contributed by atoms with Gasteiger partial charge in [-0.05, 0) is 6.42 Å².